The van der Waals surface area contributed by atoms with Crippen molar-refractivity contribution < 1.29 is 9.66 Å². The second kappa shape index (κ2) is 4.75. The van der Waals surface area contributed by atoms with Crippen LogP contribution >= 0.6 is 15.9 Å². The Hall–Kier alpha value is -1.61. The van der Waals surface area contributed by atoms with Gasteiger partial charge in [-0.05, 0) is 0 Å². The van der Waals surface area contributed by atoms with Gasteiger partial charge < -0.3 is 4.74 Å². The number of alkyl halides is 1. The molecule has 0 aliphatic heterocycles. The van der Waals surface area contributed by atoms with Crippen LogP contribution in [-0.2, 0) is 5.33 Å². The van der Waals surface area contributed by atoms with E-state index in [1.807, 2.05) is 6.07 Å². The molecule has 78 valence electrons. The molecule has 0 bridgehead atoms. The molecule has 1 aromatic rings. The molecule has 0 radical (unpaired) electrons. The van der Waals surface area contributed by atoms with Crippen LogP contribution < -0.4 is 4.74 Å². The number of halogens is 1. The zero-order valence-electron chi connectivity index (χ0n) is 7.86. The van der Waals surface area contributed by atoms with Gasteiger partial charge in [-0.3, -0.25) is 10.1 Å². The second-order valence-electron chi connectivity index (χ2n) is 2.69. The Bertz CT molecular complexity index is 440. The molecule has 0 spiro atoms. The standard InChI is InChI=1S/C9H7BrN2O3/c1-15-9-6(4-10)2-8(12(13)14)3-7(9)5-11/h2-3H,4H2,1H3. The lowest BCUT2D eigenvalue weighted by Crippen LogP contribution is -1.97. The SMILES string of the molecule is COc1c(C#N)cc([N+](=O)[O-])cc1CBr. The Morgan fingerprint density at radius 1 is 1.67 bits per heavy atom. The van der Waals surface area contributed by atoms with Crippen LogP contribution in [0.1, 0.15) is 11.1 Å². The van der Waals surface area contributed by atoms with Crippen LogP contribution in [0.2, 0.25) is 0 Å². The fraction of sp³-hybridized carbons (Fsp3) is 0.222. The first-order valence-corrected chi connectivity index (χ1v) is 5.07. The summed E-state index contributed by atoms with van der Waals surface area (Å²) in [7, 11) is 1.42. The van der Waals surface area contributed by atoms with Crippen LogP contribution in [0.3, 0.4) is 0 Å². The molecule has 0 unspecified atom stereocenters. The minimum Gasteiger partial charge on any atom is -0.495 e. The van der Waals surface area contributed by atoms with E-state index < -0.39 is 4.92 Å². The average Bonchev–Trinajstić information content (AvgIpc) is 2.26. The summed E-state index contributed by atoms with van der Waals surface area (Å²) in [6, 6.07) is 4.45. The lowest BCUT2D eigenvalue weighted by molar-refractivity contribution is -0.384. The number of benzene rings is 1. The van der Waals surface area contributed by atoms with Crippen molar-refractivity contribution in [2.45, 2.75) is 5.33 Å². The number of hydrogen-bond acceptors (Lipinski definition) is 4. The minimum atomic E-state index is -0.535. The summed E-state index contributed by atoms with van der Waals surface area (Å²) in [4.78, 5) is 10.0. The Kier molecular flexibility index (Phi) is 3.63. The summed E-state index contributed by atoms with van der Waals surface area (Å²) in [5, 5.41) is 19.8. The zero-order chi connectivity index (χ0) is 11.4. The first kappa shape index (κ1) is 11.5. The minimum absolute atomic E-state index is 0.109. The molecule has 1 rings (SSSR count). The van der Waals surface area contributed by atoms with Gasteiger partial charge in [-0.2, -0.15) is 5.26 Å². The molecule has 6 heteroatoms. The number of ether oxygens (including phenoxy) is 1. The van der Waals surface area contributed by atoms with Crippen LogP contribution in [0.4, 0.5) is 5.69 Å². The molecule has 0 N–H and O–H groups in total. The molecule has 0 aliphatic rings. The third-order valence-electron chi connectivity index (χ3n) is 1.83. The predicted molar refractivity (Wildman–Crippen MR) is 57.0 cm³/mol. The predicted octanol–water partition coefficient (Wildman–Crippen LogP) is 2.37. The van der Waals surface area contributed by atoms with Crippen LogP contribution in [0.15, 0.2) is 12.1 Å². The van der Waals surface area contributed by atoms with E-state index in [1.54, 1.807) is 0 Å². The van der Waals surface area contributed by atoms with Crippen LogP contribution in [0.25, 0.3) is 0 Å². The number of nitrogens with zero attached hydrogens (tertiary/aromatic N) is 2. The van der Waals surface area contributed by atoms with Gasteiger partial charge in [0, 0.05) is 23.0 Å². The number of nitro benzene ring substituents is 1. The Morgan fingerprint density at radius 3 is 2.73 bits per heavy atom. The fourth-order valence-corrected chi connectivity index (χ4v) is 1.62. The summed E-state index contributed by atoms with van der Waals surface area (Å²) >= 11 is 3.18. The Labute approximate surface area is 94.6 Å². The number of nitro groups is 1. The van der Waals surface area contributed by atoms with E-state index in [9.17, 15) is 10.1 Å². The first-order chi connectivity index (χ1) is 7.13. The molecule has 0 saturated carbocycles. The molecular formula is C9H7BrN2O3. The maximum absolute atomic E-state index is 10.6. The van der Waals surface area contributed by atoms with Gasteiger partial charge in [0.25, 0.3) is 5.69 Å². The highest BCUT2D eigenvalue weighted by Gasteiger charge is 2.16. The normalized spacial score (nSPS) is 9.40. The summed E-state index contributed by atoms with van der Waals surface area (Å²) < 4.78 is 5.02. The van der Waals surface area contributed by atoms with Crippen LogP contribution in [0, 0.1) is 21.4 Å². The second-order valence-corrected chi connectivity index (χ2v) is 3.25. The van der Waals surface area contributed by atoms with Gasteiger partial charge in [-0.15, -0.1) is 0 Å². The summed E-state index contributed by atoms with van der Waals surface area (Å²) in [5.74, 6) is 0.375. The van der Waals surface area contributed by atoms with Crippen molar-refractivity contribution in [1.29, 1.82) is 5.26 Å². The fourth-order valence-electron chi connectivity index (χ4n) is 1.20. The molecule has 0 heterocycles. The lowest BCUT2D eigenvalue weighted by atomic mass is 10.1. The van der Waals surface area contributed by atoms with E-state index in [-0.39, 0.29) is 11.3 Å². The molecule has 0 aliphatic carbocycles. The zero-order valence-corrected chi connectivity index (χ0v) is 9.44. The Morgan fingerprint density at radius 2 is 2.33 bits per heavy atom. The lowest BCUT2D eigenvalue weighted by Gasteiger charge is -2.07. The first-order valence-electron chi connectivity index (χ1n) is 3.95. The largest absolute Gasteiger partial charge is 0.495 e. The average molecular weight is 271 g/mol. The Balaban J connectivity index is 3.44. The van der Waals surface area contributed by atoms with Crippen LogP contribution in [0.5, 0.6) is 5.75 Å². The molecule has 0 aromatic heterocycles. The summed E-state index contributed by atoms with van der Waals surface area (Å²) in [6.45, 7) is 0. The highest BCUT2D eigenvalue weighted by atomic mass is 79.9. The van der Waals surface area contributed by atoms with E-state index in [4.69, 9.17) is 10.00 Å². The van der Waals surface area contributed by atoms with Crippen molar-refractivity contribution in [3.63, 3.8) is 0 Å². The molecule has 0 atom stereocenters. The number of non-ortho nitro benzene ring substituents is 1. The van der Waals surface area contributed by atoms with Gasteiger partial charge in [-0.1, -0.05) is 15.9 Å². The van der Waals surface area contributed by atoms with Crippen molar-refractivity contribution >= 4 is 21.6 Å². The molecular weight excluding hydrogens is 264 g/mol. The van der Waals surface area contributed by atoms with Crippen molar-refractivity contribution in [3.8, 4) is 11.8 Å². The third-order valence-corrected chi connectivity index (χ3v) is 2.43. The van der Waals surface area contributed by atoms with E-state index in [1.165, 1.54) is 19.2 Å². The molecule has 0 fully saturated rings. The molecule has 0 amide bonds. The third kappa shape index (κ3) is 2.25. The smallest absolute Gasteiger partial charge is 0.271 e. The molecule has 0 saturated heterocycles. The van der Waals surface area contributed by atoms with Crippen molar-refractivity contribution in [2.24, 2.45) is 0 Å². The van der Waals surface area contributed by atoms with Crippen molar-refractivity contribution in [3.05, 3.63) is 33.4 Å². The highest BCUT2D eigenvalue weighted by Crippen LogP contribution is 2.30. The maximum atomic E-state index is 10.6. The number of methoxy groups -OCH3 is 1. The number of hydrogen-bond donors (Lipinski definition) is 0. The van der Waals surface area contributed by atoms with E-state index in [0.717, 1.165) is 0 Å². The quantitative estimate of drug-likeness (QED) is 0.480. The highest BCUT2D eigenvalue weighted by molar-refractivity contribution is 9.08. The number of rotatable bonds is 3. The van der Waals surface area contributed by atoms with E-state index >= 15 is 0 Å². The van der Waals surface area contributed by atoms with Crippen LogP contribution in [-0.4, -0.2) is 12.0 Å². The molecule has 1 aromatic carbocycles. The van der Waals surface area contributed by atoms with Crippen molar-refractivity contribution in [1.82, 2.24) is 0 Å². The monoisotopic (exact) mass is 270 g/mol. The van der Waals surface area contributed by atoms with Gasteiger partial charge in [0.05, 0.1) is 12.0 Å². The molecule has 15 heavy (non-hydrogen) atoms. The maximum Gasteiger partial charge on any atom is 0.271 e. The topological polar surface area (TPSA) is 76.2 Å². The van der Waals surface area contributed by atoms with Gasteiger partial charge in [0.2, 0.25) is 0 Å². The van der Waals surface area contributed by atoms with Gasteiger partial charge in [0.1, 0.15) is 17.4 Å². The number of nitriles is 1. The van der Waals surface area contributed by atoms with Gasteiger partial charge >= 0.3 is 0 Å². The summed E-state index contributed by atoms with van der Waals surface area (Å²) in [6.07, 6.45) is 0. The van der Waals surface area contributed by atoms with Crippen molar-refractivity contribution in [2.75, 3.05) is 7.11 Å². The molecule has 5 nitrogen and oxygen atoms in total. The van der Waals surface area contributed by atoms with E-state index in [0.29, 0.717) is 16.6 Å². The summed E-state index contributed by atoms with van der Waals surface area (Å²) in [5.41, 5.74) is 0.645. The van der Waals surface area contributed by atoms with Gasteiger partial charge in [-0.25, -0.2) is 0 Å². The van der Waals surface area contributed by atoms with E-state index in [2.05, 4.69) is 15.9 Å². The van der Waals surface area contributed by atoms with Gasteiger partial charge in [0.15, 0.2) is 0 Å².